The van der Waals surface area contributed by atoms with Gasteiger partial charge in [0.2, 0.25) is 0 Å². The minimum Gasteiger partial charge on any atom is -0.288 e. The summed E-state index contributed by atoms with van der Waals surface area (Å²) in [6, 6.07) is 20.0. The Kier molecular flexibility index (Phi) is 3.30. The van der Waals surface area contributed by atoms with Gasteiger partial charge in [0, 0.05) is 27.1 Å². The number of carbonyl (C=O) groups excluding carboxylic acids is 1. The molecule has 0 saturated carbocycles. The number of aryl methyl sites for hydroxylation is 2. The van der Waals surface area contributed by atoms with E-state index in [1.165, 1.54) is 17.5 Å². The van der Waals surface area contributed by atoms with Crippen molar-refractivity contribution in [1.29, 1.82) is 0 Å². The molecule has 0 atom stereocenters. The minimum absolute atomic E-state index is 0.0606. The van der Waals surface area contributed by atoms with Gasteiger partial charge in [0.1, 0.15) is 0 Å². The molecule has 2 nitrogen and oxygen atoms in total. The molecule has 0 N–H and O–H groups in total. The number of rotatable bonds is 1. The summed E-state index contributed by atoms with van der Waals surface area (Å²) in [6.45, 7) is 0. The van der Waals surface area contributed by atoms with Crippen molar-refractivity contribution in [2.24, 2.45) is 0 Å². The quantitative estimate of drug-likeness (QED) is 0.343. The van der Waals surface area contributed by atoms with Crippen molar-refractivity contribution in [3.8, 4) is 22.4 Å². The Morgan fingerprint density at radius 3 is 2.32 bits per heavy atom. The molecule has 2 aliphatic carbocycles. The monoisotopic (exact) mass is 381 g/mol. The van der Waals surface area contributed by atoms with Crippen LogP contribution in [0.4, 0.5) is 0 Å². The lowest BCUT2D eigenvalue weighted by molar-refractivity contribution is 0.104. The number of aromatic nitrogens is 1. The summed E-state index contributed by atoms with van der Waals surface area (Å²) < 4.78 is 0. The SMILES string of the molecule is O=C1c2ccccc2-c2nc3cc4c(cc3c(-c3ccc(Cl)cc3)c21)CCC4. The van der Waals surface area contributed by atoms with Crippen LogP contribution in [0.5, 0.6) is 0 Å². The number of hydrogen-bond acceptors (Lipinski definition) is 2. The van der Waals surface area contributed by atoms with Crippen molar-refractivity contribution in [3.05, 3.63) is 87.9 Å². The number of pyridine rings is 1. The van der Waals surface area contributed by atoms with E-state index in [1.54, 1.807) is 0 Å². The molecule has 0 bridgehead atoms. The van der Waals surface area contributed by atoms with E-state index in [1.807, 2.05) is 48.5 Å². The molecule has 3 aromatic carbocycles. The first-order chi connectivity index (χ1) is 13.7. The second-order valence-electron chi connectivity index (χ2n) is 7.58. The maximum absolute atomic E-state index is 13.4. The van der Waals surface area contributed by atoms with E-state index in [-0.39, 0.29) is 5.78 Å². The van der Waals surface area contributed by atoms with Crippen molar-refractivity contribution in [3.63, 3.8) is 0 Å². The summed E-state index contributed by atoms with van der Waals surface area (Å²) >= 11 is 6.13. The molecule has 0 amide bonds. The first-order valence-corrected chi connectivity index (χ1v) is 9.98. The van der Waals surface area contributed by atoms with Crippen LogP contribution in [0.3, 0.4) is 0 Å². The highest BCUT2D eigenvalue weighted by Crippen LogP contribution is 2.44. The van der Waals surface area contributed by atoms with E-state index < -0.39 is 0 Å². The molecule has 28 heavy (non-hydrogen) atoms. The number of hydrogen-bond donors (Lipinski definition) is 0. The fourth-order valence-electron chi connectivity index (χ4n) is 4.69. The van der Waals surface area contributed by atoms with Gasteiger partial charge in [-0.2, -0.15) is 0 Å². The molecule has 3 heteroatoms. The zero-order valence-electron chi connectivity index (χ0n) is 15.1. The third-order valence-corrected chi connectivity index (χ3v) is 6.24. The highest BCUT2D eigenvalue weighted by molar-refractivity contribution is 6.31. The maximum atomic E-state index is 13.4. The van der Waals surface area contributed by atoms with Crippen LogP contribution < -0.4 is 0 Å². The number of nitrogens with zero attached hydrogens (tertiary/aromatic N) is 1. The van der Waals surface area contributed by atoms with Gasteiger partial charge < -0.3 is 0 Å². The van der Waals surface area contributed by atoms with Crippen LogP contribution in [-0.4, -0.2) is 10.8 Å². The summed E-state index contributed by atoms with van der Waals surface area (Å²) in [4.78, 5) is 18.3. The average molecular weight is 382 g/mol. The van der Waals surface area contributed by atoms with Gasteiger partial charge in [-0.1, -0.05) is 48.0 Å². The molecule has 1 aromatic heterocycles. The van der Waals surface area contributed by atoms with Crippen LogP contribution in [0.15, 0.2) is 60.7 Å². The molecule has 0 fully saturated rings. The summed E-state index contributed by atoms with van der Waals surface area (Å²) in [5.74, 6) is 0.0606. The molecule has 2 aliphatic rings. The van der Waals surface area contributed by atoms with Gasteiger partial charge in [-0.05, 0) is 60.2 Å². The van der Waals surface area contributed by atoms with Crippen LogP contribution in [0.2, 0.25) is 5.02 Å². The lowest BCUT2D eigenvalue weighted by Crippen LogP contribution is -2.01. The Labute approximate surface area is 167 Å². The van der Waals surface area contributed by atoms with Crippen molar-refractivity contribution in [1.82, 2.24) is 4.98 Å². The number of ketones is 1. The van der Waals surface area contributed by atoms with Crippen molar-refractivity contribution < 1.29 is 4.79 Å². The Morgan fingerprint density at radius 2 is 1.54 bits per heavy atom. The number of benzene rings is 3. The molecule has 0 spiro atoms. The minimum atomic E-state index is 0.0606. The van der Waals surface area contributed by atoms with Crippen molar-refractivity contribution >= 4 is 28.3 Å². The predicted molar refractivity (Wildman–Crippen MR) is 113 cm³/mol. The number of halogens is 1. The highest BCUT2D eigenvalue weighted by Gasteiger charge is 2.32. The van der Waals surface area contributed by atoms with E-state index in [2.05, 4.69) is 12.1 Å². The highest BCUT2D eigenvalue weighted by atomic mass is 35.5. The molecular weight excluding hydrogens is 366 g/mol. The molecule has 1 heterocycles. The van der Waals surface area contributed by atoms with Gasteiger partial charge in [0.05, 0.1) is 16.8 Å². The summed E-state index contributed by atoms with van der Waals surface area (Å²) in [7, 11) is 0. The molecule has 0 saturated heterocycles. The summed E-state index contributed by atoms with van der Waals surface area (Å²) in [5, 5.41) is 1.75. The van der Waals surface area contributed by atoms with E-state index in [0.29, 0.717) is 10.6 Å². The first-order valence-electron chi connectivity index (χ1n) is 9.60. The fourth-order valence-corrected chi connectivity index (χ4v) is 4.81. The Bertz CT molecular complexity index is 1300. The predicted octanol–water partition coefficient (Wildman–Crippen LogP) is 6.26. The maximum Gasteiger partial charge on any atom is 0.196 e. The largest absolute Gasteiger partial charge is 0.288 e. The van der Waals surface area contributed by atoms with E-state index >= 15 is 0 Å². The normalized spacial score (nSPS) is 14.2. The summed E-state index contributed by atoms with van der Waals surface area (Å²) in [5.41, 5.74) is 8.91. The van der Waals surface area contributed by atoms with Crippen LogP contribution in [0.25, 0.3) is 33.3 Å². The standard InChI is InChI=1S/C25H16ClNO/c26-17-10-8-14(9-11-17)22-20-12-15-4-3-5-16(15)13-21(20)27-24-18-6-1-2-7-19(18)25(28)23(22)24/h1-2,6-13H,3-5H2. The van der Waals surface area contributed by atoms with E-state index in [0.717, 1.165) is 51.7 Å². The molecule has 6 rings (SSSR count). The molecular formula is C25H16ClNO. The van der Waals surface area contributed by atoms with E-state index in [9.17, 15) is 4.79 Å². The third-order valence-electron chi connectivity index (χ3n) is 5.99. The smallest absolute Gasteiger partial charge is 0.196 e. The second-order valence-corrected chi connectivity index (χ2v) is 8.02. The van der Waals surface area contributed by atoms with Crippen molar-refractivity contribution in [2.45, 2.75) is 19.3 Å². The Morgan fingerprint density at radius 1 is 0.821 bits per heavy atom. The van der Waals surface area contributed by atoms with Crippen molar-refractivity contribution in [2.75, 3.05) is 0 Å². The zero-order chi connectivity index (χ0) is 18.8. The lowest BCUT2D eigenvalue weighted by atomic mass is 9.92. The zero-order valence-corrected chi connectivity index (χ0v) is 15.9. The van der Waals surface area contributed by atoms with Gasteiger partial charge in [0.15, 0.2) is 5.78 Å². The molecule has 0 aliphatic heterocycles. The van der Waals surface area contributed by atoms with Gasteiger partial charge >= 0.3 is 0 Å². The first kappa shape index (κ1) is 16.0. The average Bonchev–Trinajstić information content (AvgIpc) is 3.28. The fraction of sp³-hybridized carbons (Fsp3) is 0.120. The topological polar surface area (TPSA) is 30.0 Å². The lowest BCUT2D eigenvalue weighted by Gasteiger charge is -2.14. The van der Waals surface area contributed by atoms with Crippen LogP contribution in [0.1, 0.15) is 33.5 Å². The van der Waals surface area contributed by atoms with Crippen LogP contribution in [0, 0.1) is 0 Å². The molecule has 0 unspecified atom stereocenters. The third kappa shape index (κ3) is 2.15. The van der Waals surface area contributed by atoms with E-state index in [4.69, 9.17) is 16.6 Å². The second kappa shape index (κ2) is 5.76. The molecule has 134 valence electrons. The Balaban J connectivity index is 1.77. The summed E-state index contributed by atoms with van der Waals surface area (Å²) in [6.07, 6.45) is 3.38. The Hall–Kier alpha value is -2.97. The number of fused-ring (bicyclic) bond motifs is 5. The van der Waals surface area contributed by atoms with Crippen LogP contribution in [-0.2, 0) is 12.8 Å². The van der Waals surface area contributed by atoms with Gasteiger partial charge in [-0.15, -0.1) is 0 Å². The molecule has 4 aromatic rings. The molecule has 0 radical (unpaired) electrons. The van der Waals surface area contributed by atoms with Gasteiger partial charge in [-0.3, -0.25) is 4.79 Å². The van der Waals surface area contributed by atoms with Gasteiger partial charge in [0.25, 0.3) is 0 Å². The van der Waals surface area contributed by atoms with Gasteiger partial charge in [-0.25, -0.2) is 4.98 Å². The number of carbonyl (C=O) groups is 1. The van der Waals surface area contributed by atoms with Crippen LogP contribution >= 0.6 is 11.6 Å².